The second-order valence-electron chi connectivity index (χ2n) is 4.92. The topological polar surface area (TPSA) is 54.0 Å². The third kappa shape index (κ3) is 3.41. The van der Waals surface area contributed by atoms with Gasteiger partial charge in [0.05, 0.1) is 10.7 Å². The van der Waals surface area contributed by atoms with Crippen molar-refractivity contribution >= 4 is 39.9 Å². The van der Waals surface area contributed by atoms with E-state index in [2.05, 4.69) is 32.0 Å². The zero-order valence-corrected chi connectivity index (χ0v) is 14.5. The van der Waals surface area contributed by atoms with E-state index in [4.69, 9.17) is 16.9 Å². The number of hydrogen-bond acceptors (Lipinski definition) is 3. The summed E-state index contributed by atoms with van der Waals surface area (Å²) < 4.78 is 2.45. The molecule has 0 N–H and O–H groups in total. The predicted octanol–water partition coefficient (Wildman–Crippen LogP) is 4.61. The van der Waals surface area contributed by atoms with E-state index in [0.29, 0.717) is 11.1 Å². The number of nitrogens with zero attached hydrogens (tertiary/aromatic N) is 4. The molecule has 0 radical (unpaired) electrons. The van der Waals surface area contributed by atoms with Crippen LogP contribution < -0.4 is 0 Å². The lowest BCUT2D eigenvalue weighted by molar-refractivity contribution is 0.614. The summed E-state index contributed by atoms with van der Waals surface area (Å²) in [7, 11) is 0. The highest BCUT2D eigenvalue weighted by atomic mass is 79.9. The van der Waals surface area contributed by atoms with Crippen LogP contribution in [0.3, 0.4) is 0 Å². The lowest BCUT2D eigenvalue weighted by atomic mass is 9.41. The van der Waals surface area contributed by atoms with Gasteiger partial charge >= 0.3 is 0 Å². The van der Waals surface area contributed by atoms with Crippen molar-refractivity contribution < 1.29 is 0 Å². The molecule has 0 bridgehead atoms. The van der Waals surface area contributed by atoms with Crippen LogP contribution in [0.1, 0.15) is 38.3 Å². The van der Waals surface area contributed by atoms with Gasteiger partial charge < -0.3 is 0 Å². The van der Waals surface area contributed by atoms with Crippen molar-refractivity contribution in [2.45, 2.75) is 45.2 Å². The second kappa shape index (κ2) is 7.28. The van der Waals surface area contributed by atoms with Crippen LogP contribution in [-0.2, 0) is 0 Å². The van der Waals surface area contributed by atoms with Crippen molar-refractivity contribution in [2.24, 2.45) is 0 Å². The molecule has 2 aromatic rings. The molecule has 4 nitrogen and oxygen atoms in total. The van der Waals surface area contributed by atoms with Crippen LogP contribution in [0.5, 0.6) is 0 Å². The van der Waals surface area contributed by atoms with Gasteiger partial charge in [0.1, 0.15) is 5.15 Å². The summed E-state index contributed by atoms with van der Waals surface area (Å²) in [6.45, 7) is 4.14. The van der Waals surface area contributed by atoms with E-state index >= 15 is 0 Å². The smallest absolute Gasteiger partial charge is 0.232 e. The molecule has 2 aromatic heterocycles. The summed E-state index contributed by atoms with van der Waals surface area (Å²) >= 11 is 9.67. The van der Waals surface area contributed by atoms with Crippen LogP contribution in [0.4, 0.5) is 0 Å². The Labute approximate surface area is 138 Å². The van der Waals surface area contributed by atoms with Gasteiger partial charge in [-0.3, -0.25) is 0 Å². The summed E-state index contributed by atoms with van der Waals surface area (Å²) in [4.78, 5) is 4.65. The van der Waals surface area contributed by atoms with Gasteiger partial charge in [-0.05, 0) is 34.3 Å². The quantitative estimate of drug-likeness (QED) is 0.546. The summed E-state index contributed by atoms with van der Waals surface area (Å²) in [5.74, 6) is 2.70. The molecule has 110 valence electrons. The average Bonchev–Trinajstić information content (AvgIpc) is 2.91. The number of fused-ring (bicyclic) bond motifs is 1. The molecule has 21 heavy (non-hydrogen) atoms. The minimum absolute atomic E-state index is 0.143. The minimum atomic E-state index is 0.143. The van der Waals surface area contributed by atoms with Crippen LogP contribution >= 0.6 is 27.5 Å². The summed E-state index contributed by atoms with van der Waals surface area (Å²) in [6.07, 6.45) is 5.72. The average molecular weight is 367 g/mol. The summed E-state index contributed by atoms with van der Waals surface area (Å²) in [6, 6.07) is 1.87. The first kappa shape index (κ1) is 16.3. The Balaban J connectivity index is 0.000000774. The Morgan fingerprint density at radius 1 is 1.52 bits per heavy atom. The molecule has 1 fully saturated rings. The Morgan fingerprint density at radius 2 is 2.29 bits per heavy atom. The molecule has 1 aliphatic rings. The lowest BCUT2D eigenvalue weighted by Gasteiger charge is -2.23. The molecule has 7 heteroatoms. The van der Waals surface area contributed by atoms with Gasteiger partial charge in [-0.1, -0.05) is 44.5 Å². The van der Waals surface area contributed by atoms with Gasteiger partial charge in [0.2, 0.25) is 0 Å². The molecule has 0 aromatic carbocycles. The third-order valence-corrected chi connectivity index (χ3v) is 4.51. The molecule has 1 atom stereocenters. The Morgan fingerprint density at radius 3 is 3.00 bits per heavy atom. The van der Waals surface area contributed by atoms with E-state index in [9.17, 15) is 0 Å². The van der Waals surface area contributed by atoms with Gasteiger partial charge in [0.25, 0.3) is 6.71 Å². The molecule has 1 unspecified atom stereocenters. The van der Waals surface area contributed by atoms with Gasteiger partial charge in [-0.15, -0.1) is 0 Å². The van der Waals surface area contributed by atoms with Crippen LogP contribution in [0.2, 0.25) is 17.8 Å². The van der Waals surface area contributed by atoms with Crippen molar-refractivity contribution in [2.75, 3.05) is 0 Å². The predicted molar refractivity (Wildman–Crippen MR) is 90.0 cm³/mol. The maximum Gasteiger partial charge on any atom is 0.268 e. The van der Waals surface area contributed by atoms with Crippen molar-refractivity contribution in [3.8, 4) is 5.97 Å². The molecular weight excluding hydrogens is 350 g/mol. The van der Waals surface area contributed by atoms with Gasteiger partial charge in [-0.2, -0.15) is 5.10 Å². The SMILES string of the molecule is CC.N#CB1CCCC(c2cc(Cl)n3ncc(Br)c3n2)C1. The zero-order valence-electron chi connectivity index (χ0n) is 12.2. The second-order valence-corrected chi connectivity index (χ2v) is 6.16. The van der Waals surface area contributed by atoms with E-state index in [1.54, 1.807) is 10.7 Å². The maximum absolute atomic E-state index is 9.08. The fourth-order valence-electron chi connectivity index (χ4n) is 2.70. The maximum atomic E-state index is 9.08. The first-order valence-electron chi connectivity index (χ1n) is 7.28. The summed E-state index contributed by atoms with van der Waals surface area (Å²) in [5, 5.41) is 13.8. The van der Waals surface area contributed by atoms with Crippen molar-refractivity contribution in [1.82, 2.24) is 14.6 Å². The first-order chi connectivity index (χ1) is 10.2. The van der Waals surface area contributed by atoms with Crippen LogP contribution in [-0.4, -0.2) is 21.3 Å². The number of rotatable bonds is 1. The molecule has 0 spiro atoms. The normalized spacial score (nSPS) is 18.0. The van der Waals surface area contributed by atoms with Crippen molar-refractivity contribution in [3.63, 3.8) is 0 Å². The van der Waals surface area contributed by atoms with E-state index in [1.807, 2.05) is 19.9 Å². The molecule has 1 saturated heterocycles. The van der Waals surface area contributed by atoms with E-state index in [1.165, 1.54) is 0 Å². The number of aromatic nitrogens is 3. The van der Waals surface area contributed by atoms with Gasteiger partial charge in [0.15, 0.2) is 5.65 Å². The standard InChI is InChI=1S/C12H11BBrClN4.C2H6/c14-9-6-17-19-11(15)4-10(18-12(9)19)8-2-1-3-13(5-8)7-16;1-2/h4,6,8H,1-3,5H2;1-2H3. The Hall–Kier alpha value is -1.06. The number of halogens is 2. The highest BCUT2D eigenvalue weighted by molar-refractivity contribution is 9.10. The van der Waals surface area contributed by atoms with E-state index < -0.39 is 0 Å². The van der Waals surface area contributed by atoms with Gasteiger partial charge in [0, 0.05) is 11.7 Å². The first-order valence-corrected chi connectivity index (χ1v) is 8.45. The fraction of sp³-hybridized carbons (Fsp3) is 0.500. The number of nitriles is 1. The number of hydrogen-bond donors (Lipinski definition) is 0. The largest absolute Gasteiger partial charge is 0.268 e. The van der Waals surface area contributed by atoms with Crippen LogP contribution in [0, 0.1) is 11.2 Å². The van der Waals surface area contributed by atoms with Crippen LogP contribution in [0.15, 0.2) is 16.7 Å². The van der Waals surface area contributed by atoms with Gasteiger partial charge in [-0.25, -0.2) is 14.8 Å². The zero-order chi connectivity index (χ0) is 15.4. The molecule has 0 amide bonds. The summed E-state index contributed by atoms with van der Waals surface area (Å²) in [5.41, 5.74) is 1.71. The van der Waals surface area contributed by atoms with Crippen molar-refractivity contribution in [3.05, 3.63) is 27.6 Å². The molecule has 3 rings (SSSR count). The molecule has 1 aliphatic heterocycles. The molecule has 0 aliphatic carbocycles. The molecule has 3 heterocycles. The van der Waals surface area contributed by atoms with E-state index in [0.717, 1.165) is 41.3 Å². The molecular formula is C14H17BBrClN4. The fourth-order valence-corrected chi connectivity index (χ4v) is 3.29. The van der Waals surface area contributed by atoms with Crippen molar-refractivity contribution in [1.29, 1.82) is 5.26 Å². The minimum Gasteiger partial charge on any atom is -0.232 e. The highest BCUT2D eigenvalue weighted by Gasteiger charge is 2.27. The lowest BCUT2D eigenvalue weighted by Crippen LogP contribution is -2.21. The van der Waals surface area contributed by atoms with Crippen LogP contribution in [0.25, 0.3) is 5.65 Å². The highest BCUT2D eigenvalue weighted by Crippen LogP contribution is 2.34. The monoisotopic (exact) mass is 366 g/mol. The van der Waals surface area contributed by atoms with E-state index in [-0.39, 0.29) is 6.71 Å². The molecule has 0 saturated carbocycles. The Kier molecular flexibility index (Phi) is 5.66. The Bertz CT molecular complexity index is 667. The third-order valence-electron chi connectivity index (χ3n) is 3.68.